The van der Waals surface area contributed by atoms with Gasteiger partial charge in [0, 0.05) is 11.6 Å². The zero-order valence-electron chi connectivity index (χ0n) is 13.6. The molecule has 0 radical (unpaired) electrons. The fourth-order valence-electron chi connectivity index (χ4n) is 2.10. The molecular weight excluding hydrogens is 322 g/mol. The van der Waals surface area contributed by atoms with E-state index >= 15 is 0 Å². The van der Waals surface area contributed by atoms with Crippen LogP contribution in [0.2, 0.25) is 0 Å². The molecule has 0 saturated carbocycles. The number of nitrogens with zero attached hydrogens (tertiary/aromatic N) is 2. The van der Waals surface area contributed by atoms with Crippen molar-refractivity contribution in [3.05, 3.63) is 81.9 Å². The van der Waals surface area contributed by atoms with E-state index in [4.69, 9.17) is 4.74 Å². The number of hydrogen-bond acceptors (Lipinski definition) is 5. The highest BCUT2D eigenvalue weighted by Gasteiger charge is 2.17. The third kappa shape index (κ3) is 4.74. The molecule has 0 atom stereocenters. The van der Waals surface area contributed by atoms with E-state index in [1.54, 1.807) is 30.3 Å². The van der Waals surface area contributed by atoms with Gasteiger partial charge in [-0.3, -0.25) is 14.9 Å². The number of nitro groups is 1. The van der Waals surface area contributed by atoms with Crippen molar-refractivity contribution >= 4 is 17.8 Å². The number of carbonyl (C=O) groups is 1. The Labute approximate surface area is 144 Å². The quantitative estimate of drug-likeness (QED) is 0.363. The Morgan fingerprint density at radius 2 is 2.04 bits per heavy atom. The van der Waals surface area contributed by atoms with Gasteiger partial charge in [-0.2, -0.15) is 5.10 Å². The number of rotatable bonds is 7. The summed E-state index contributed by atoms with van der Waals surface area (Å²) < 4.78 is 5.37. The summed E-state index contributed by atoms with van der Waals surface area (Å²) in [6.07, 6.45) is 3.13. The Morgan fingerprint density at radius 1 is 1.32 bits per heavy atom. The van der Waals surface area contributed by atoms with Gasteiger partial charge in [0.15, 0.2) is 0 Å². The molecule has 2 aromatic carbocycles. The topological polar surface area (TPSA) is 93.8 Å². The predicted octanol–water partition coefficient (Wildman–Crippen LogP) is 3.23. The SMILES string of the molecule is C=CCOc1ccc(/C=N\NC(=O)c2cccc([N+](=O)[O-])c2C)cc1. The molecule has 0 fully saturated rings. The van der Waals surface area contributed by atoms with Crippen LogP contribution in [0.5, 0.6) is 5.75 Å². The molecule has 7 heteroatoms. The fraction of sp³-hybridized carbons (Fsp3) is 0.111. The molecule has 7 nitrogen and oxygen atoms in total. The predicted molar refractivity (Wildman–Crippen MR) is 95.0 cm³/mol. The summed E-state index contributed by atoms with van der Waals surface area (Å²) in [5.41, 5.74) is 3.53. The normalized spacial score (nSPS) is 10.4. The number of ether oxygens (including phenoxy) is 1. The van der Waals surface area contributed by atoms with Crippen LogP contribution in [0.3, 0.4) is 0 Å². The second-order valence-corrected chi connectivity index (χ2v) is 5.07. The molecule has 0 aliphatic carbocycles. The van der Waals surface area contributed by atoms with Crippen molar-refractivity contribution < 1.29 is 14.5 Å². The highest BCUT2D eigenvalue weighted by Crippen LogP contribution is 2.20. The average molecular weight is 339 g/mol. The summed E-state index contributed by atoms with van der Waals surface area (Å²) in [6, 6.07) is 11.4. The standard InChI is InChI=1S/C18H17N3O4/c1-3-11-25-15-9-7-14(8-10-15)12-19-20-18(22)16-5-4-6-17(13(16)2)21(23)24/h3-10,12H,1,11H2,2H3,(H,20,22)/b19-12-. The fourth-order valence-corrected chi connectivity index (χ4v) is 2.10. The lowest BCUT2D eigenvalue weighted by Crippen LogP contribution is -2.19. The van der Waals surface area contributed by atoms with Gasteiger partial charge in [0.1, 0.15) is 12.4 Å². The molecule has 0 spiro atoms. The minimum atomic E-state index is -0.522. The van der Waals surface area contributed by atoms with E-state index in [2.05, 4.69) is 17.1 Å². The first-order valence-electron chi connectivity index (χ1n) is 7.44. The Hall–Kier alpha value is -3.48. The van der Waals surface area contributed by atoms with Crippen LogP contribution in [-0.2, 0) is 0 Å². The highest BCUT2D eigenvalue weighted by atomic mass is 16.6. The first-order chi connectivity index (χ1) is 12.0. The van der Waals surface area contributed by atoms with Crippen LogP contribution in [-0.4, -0.2) is 23.7 Å². The number of hydrazone groups is 1. The van der Waals surface area contributed by atoms with Crippen molar-refractivity contribution in [3.63, 3.8) is 0 Å². The van der Waals surface area contributed by atoms with Crippen LogP contribution < -0.4 is 10.2 Å². The summed E-state index contributed by atoms with van der Waals surface area (Å²) in [5, 5.41) is 14.8. The maximum absolute atomic E-state index is 12.1. The van der Waals surface area contributed by atoms with Crippen LogP contribution in [0, 0.1) is 17.0 Å². The van der Waals surface area contributed by atoms with E-state index in [1.165, 1.54) is 31.3 Å². The number of amides is 1. The number of nitro benzene ring substituents is 1. The van der Waals surface area contributed by atoms with Crippen molar-refractivity contribution in [1.82, 2.24) is 5.43 Å². The molecule has 128 valence electrons. The Balaban J connectivity index is 2.02. The van der Waals surface area contributed by atoms with Crippen molar-refractivity contribution in [2.75, 3.05) is 6.61 Å². The average Bonchev–Trinajstić information content (AvgIpc) is 2.60. The third-order valence-corrected chi connectivity index (χ3v) is 3.37. The molecule has 0 aromatic heterocycles. The minimum Gasteiger partial charge on any atom is -0.490 e. The van der Waals surface area contributed by atoms with Gasteiger partial charge in [-0.25, -0.2) is 5.43 Å². The maximum Gasteiger partial charge on any atom is 0.273 e. The molecule has 0 aliphatic rings. The van der Waals surface area contributed by atoms with E-state index in [1.807, 2.05) is 0 Å². The van der Waals surface area contributed by atoms with Crippen LogP contribution >= 0.6 is 0 Å². The second-order valence-electron chi connectivity index (χ2n) is 5.07. The molecule has 0 unspecified atom stereocenters. The molecule has 25 heavy (non-hydrogen) atoms. The van der Waals surface area contributed by atoms with Gasteiger partial charge in [-0.1, -0.05) is 18.7 Å². The molecule has 0 heterocycles. The number of benzene rings is 2. The first kappa shape index (κ1) is 17.9. The van der Waals surface area contributed by atoms with Gasteiger partial charge in [-0.05, 0) is 42.8 Å². The monoisotopic (exact) mass is 339 g/mol. The van der Waals surface area contributed by atoms with Crippen LogP contribution in [0.25, 0.3) is 0 Å². The molecule has 1 N–H and O–H groups in total. The van der Waals surface area contributed by atoms with E-state index in [0.717, 1.165) is 5.56 Å². The zero-order valence-corrected chi connectivity index (χ0v) is 13.6. The largest absolute Gasteiger partial charge is 0.490 e. The third-order valence-electron chi connectivity index (χ3n) is 3.37. The van der Waals surface area contributed by atoms with Crippen LogP contribution in [0.15, 0.2) is 60.2 Å². The lowest BCUT2D eigenvalue weighted by molar-refractivity contribution is -0.385. The highest BCUT2D eigenvalue weighted by molar-refractivity contribution is 5.97. The molecule has 1 amide bonds. The van der Waals surface area contributed by atoms with Gasteiger partial charge >= 0.3 is 0 Å². The number of nitrogens with one attached hydrogen (secondary N) is 1. The van der Waals surface area contributed by atoms with E-state index in [-0.39, 0.29) is 11.3 Å². The molecule has 0 saturated heterocycles. The molecular formula is C18H17N3O4. The first-order valence-corrected chi connectivity index (χ1v) is 7.44. The van der Waals surface area contributed by atoms with Crippen LogP contribution in [0.1, 0.15) is 21.5 Å². The number of hydrogen-bond donors (Lipinski definition) is 1. The van der Waals surface area contributed by atoms with E-state index in [9.17, 15) is 14.9 Å². The van der Waals surface area contributed by atoms with Crippen molar-refractivity contribution in [1.29, 1.82) is 0 Å². The van der Waals surface area contributed by atoms with Crippen molar-refractivity contribution in [3.8, 4) is 5.75 Å². The van der Waals surface area contributed by atoms with Crippen molar-refractivity contribution in [2.24, 2.45) is 5.10 Å². The minimum absolute atomic E-state index is 0.105. The van der Waals surface area contributed by atoms with E-state index in [0.29, 0.717) is 17.9 Å². The number of carbonyl (C=O) groups excluding carboxylic acids is 1. The van der Waals surface area contributed by atoms with Gasteiger partial charge < -0.3 is 4.74 Å². The summed E-state index contributed by atoms with van der Waals surface area (Å²) in [6.45, 7) is 5.52. The molecule has 0 aliphatic heterocycles. The molecule has 2 aromatic rings. The van der Waals surface area contributed by atoms with Crippen molar-refractivity contribution in [2.45, 2.75) is 6.92 Å². The lowest BCUT2D eigenvalue weighted by Gasteiger charge is -2.05. The molecule has 2 rings (SSSR count). The Bertz CT molecular complexity index is 814. The lowest BCUT2D eigenvalue weighted by atomic mass is 10.1. The summed E-state index contributed by atoms with van der Waals surface area (Å²) >= 11 is 0. The summed E-state index contributed by atoms with van der Waals surface area (Å²) in [4.78, 5) is 22.5. The summed E-state index contributed by atoms with van der Waals surface area (Å²) in [7, 11) is 0. The second kappa shape index (κ2) is 8.39. The molecule has 0 bridgehead atoms. The Morgan fingerprint density at radius 3 is 2.68 bits per heavy atom. The summed E-state index contributed by atoms with van der Waals surface area (Å²) in [5.74, 6) is 0.191. The Kier molecular flexibility index (Phi) is 6.00. The van der Waals surface area contributed by atoms with Gasteiger partial charge in [-0.15, -0.1) is 0 Å². The smallest absolute Gasteiger partial charge is 0.273 e. The van der Waals surface area contributed by atoms with Gasteiger partial charge in [0.25, 0.3) is 11.6 Å². The van der Waals surface area contributed by atoms with Gasteiger partial charge in [0.2, 0.25) is 0 Å². The van der Waals surface area contributed by atoms with Gasteiger partial charge in [0.05, 0.1) is 16.7 Å². The zero-order chi connectivity index (χ0) is 18.2. The maximum atomic E-state index is 12.1. The van der Waals surface area contributed by atoms with Crippen LogP contribution in [0.4, 0.5) is 5.69 Å². The van der Waals surface area contributed by atoms with E-state index < -0.39 is 10.8 Å².